The first-order valence-electron chi connectivity index (χ1n) is 5.73. The van der Waals surface area contributed by atoms with E-state index in [-0.39, 0.29) is 17.9 Å². The lowest BCUT2D eigenvalue weighted by Gasteiger charge is -2.12. The number of halogens is 1. The highest BCUT2D eigenvalue weighted by Crippen LogP contribution is 2.44. The topological polar surface area (TPSA) is 49.3 Å². The number of alkyl halides is 1. The molecule has 0 aromatic heterocycles. The maximum absolute atomic E-state index is 11.8. The second-order valence-electron chi connectivity index (χ2n) is 4.67. The van der Waals surface area contributed by atoms with Crippen LogP contribution in [0.4, 0.5) is 0 Å². The summed E-state index contributed by atoms with van der Waals surface area (Å²) < 4.78 is 0. The number of carbonyl (C=O) groups is 1. The fourth-order valence-corrected chi connectivity index (χ4v) is 1.86. The van der Waals surface area contributed by atoms with Gasteiger partial charge in [0.2, 0.25) is 0 Å². The van der Waals surface area contributed by atoms with Crippen LogP contribution in [0.2, 0.25) is 0 Å². The zero-order valence-electron chi connectivity index (χ0n) is 9.58. The Kier molecular flexibility index (Phi) is 3.69. The first kappa shape index (κ1) is 12.4. The first-order valence-corrected chi connectivity index (χ1v) is 6.26. The number of aliphatic hydroxyl groups excluding tert-OH is 1. The highest BCUT2D eigenvalue weighted by molar-refractivity contribution is 6.17. The highest BCUT2D eigenvalue weighted by atomic mass is 35.5. The van der Waals surface area contributed by atoms with Crippen LogP contribution in [0, 0.1) is 5.41 Å². The molecule has 2 rings (SSSR count). The van der Waals surface area contributed by atoms with Gasteiger partial charge in [-0.1, -0.05) is 12.1 Å². The number of carbonyl (C=O) groups excluding carboxylic acids is 1. The second kappa shape index (κ2) is 5.07. The van der Waals surface area contributed by atoms with Gasteiger partial charge in [0.1, 0.15) is 0 Å². The van der Waals surface area contributed by atoms with Crippen molar-refractivity contribution in [1.29, 1.82) is 0 Å². The van der Waals surface area contributed by atoms with Crippen molar-refractivity contribution in [3.63, 3.8) is 0 Å². The number of aliphatic hydroxyl groups is 1. The molecular formula is C13H16ClNO2. The van der Waals surface area contributed by atoms with Crippen LogP contribution in [0.5, 0.6) is 0 Å². The van der Waals surface area contributed by atoms with Gasteiger partial charge in [-0.2, -0.15) is 0 Å². The molecule has 4 heteroatoms. The molecule has 0 heterocycles. The third-order valence-electron chi connectivity index (χ3n) is 3.29. The van der Waals surface area contributed by atoms with Crippen LogP contribution in [-0.2, 0) is 5.88 Å². The standard InChI is InChI=1S/C13H16ClNO2/c14-7-10-1-3-11(4-2-10)12(17)15-8-13(9-16)5-6-13/h1-4,16H,5-9H2,(H,15,17). The number of benzene rings is 1. The summed E-state index contributed by atoms with van der Waals surface area (Å²) >= 11 is 5.68. The normalized spacial score (nSPS) is 16.6. The van der Waals surface area contributed by atoms with Crippen LogP contribution in [0.15, 0.2) is 24.3 Å². The molecule has 1 aliphatic rings. The van der Waals surface area contributed by atoms with E-state index in [4.69, 9.17) is 16.7 Å². The molecule has 0 unspecified atom stereocenters. The van der Waals surface area contributed by atoms with Crippen LogP contribution in [0.1, 0.15) is 28.8 Å². The Morgan fingerprint density at radius 2 is 2.00 bits per heavy atom. The van der Waals surface area contributed by atoms with E-state index in [0.717, 1.165) is 18.4 Å². The number of rotatable bonds is 5. The molecule has 0 bridgehead atoms. The van der Waals surface area contributed by atoms with Crippen molar-refractivity contribution >= 4 is 17.5 Å². The van der Waals surface area contributed by atoms with E-state index < -0.39 is 0 Å². The zero-order chi connectivity index (χ0) is 12.3. The SMILES string of the molecule is O=C(NCC1(CO)CC1)c1ccc(CCl)cc1. The Hall–Kier alpha value is -1.06. The predicted molar refractivity (Wildman–Crippen MR) is 67.1 cm³/mol. The molecule has 1 fully saturated rings. The van der Waals surface area contributed by atoms with Gasteiger partial charge in [0.25, 0.3) is 5.91 Å². The van der Waals surface area contributed by atoms with Gasteiger partial charge in [-0.3, -0.25) is 4.79 Å². The minimum atomic E-state index is -0.0918. The summed E-state index contributed by atoms with van der Waals surface area (Å²) in [4.78, 5) is 11.8. The largest absolute Gasteiger partial charge is 0.396 e. The van der Waals surface area contributed by atoms with E-state index in [1.807, 2.05) is 12.1 Å². The van der Waals surface area contributed by atoms with Crippen LogP contribution in [0.3, 0.4) is 0 Å². The van der Waals surface area contributed by atoms with E-state index in [1.165, 1.54) is 0 Å². The summed E-state index contributed by atoms with van der Waals surface area (Å²) in [6, 6.07) is 7.23. The molecule has 1 amide bonds. The molecule has 92 valence electrons. The minimum absolute atomic E-state index is 0.0499. The van der Waals surface area contributed by atoms with Crippen molar-refractivity contribution < 1.29 is 9.90 Å². The molecule has 0 radical (unpaired) electrons. The number of hydrogen-bond acceptors (Lipinski definition) is 2. The second-order valence-corrected chi connectivity index (χ2v) is 4.94. The first-order chi connectivity index (χ1) is 8.19. The van der Waals surface area contributed by atoms with Gasteiger partial charge in [-0.25, -0.2) is 0 Å². The third-order valence-corrected chi connectivity index (χ3v) is 3.60. The Balaban J connectivity index is 1.90. The number of nitrogens with one attached hydrogen (secondary N) is 1. The molecule has 0 atom stereocenters. The predicted octanol–water partition coefficient (Wildman–Crippen LogP) is 1.93. The average molecular weight is 254 g/mol. The molecule has 1 aliphatic carbocycles. The number of hydrogen-bond donors (Lipinski definition) is 2. The van der Waals surface area contributed by atoms with E-state index >= 15 is 0 Å². The highest BCUT2D eigenvalue weighted by Gasteiger charge is 2.42. The van der Waals surface area contributed by atoms with E-state index in [0.29, 0.717) is 18.0 Å². The molecule has 0 aliphatic heterocycles. The van der Waals surface area contributed by atoms with Gasteiger partial charge in [0.15, 0.2) is 0 Å². The zero-order valence-corrected chi connectivity index (χ0v) is 10.3. The molecule has 3 nitrogen and oxygen atoms in total. The molecular weight excluding hydrogens is 238 g/mol. The van der Waals surface area contributed by atoms with Crippen LogP contribution in [-0.4, -0.2) is 24.2 Å². The summed E-state index contributed by atoms with van der Waals surface area (Å²) in [5.41, 5.74) is 1.58. The van der Waals surface area contributed by atoms with Gasteiger partial charge >= 0.3 is 0 Å². The van der Waals surface area contributed by atoms with Crippen molar-refractivity contribution in [3.05, 3.63) is 35.4 Å². The minimum Gasteiger partial charge on any atom is -0.396 e. The van der Waals surface area contributed by atoms with Crippen molar-refractivity contribution in [2.24, 2.45) is 5.41 Å². The molecule has 2 N–H and O–H groups in total. The molecule has 17 heavy (non-hydrogen) atoms. The maximum atomic E-state index is 11.8. The quantitative estimate of drug-likeness (QED) is 0.788. The Labute approximate surface area is 106 Å². The Morgan fingerprint density at radius 1 is 1.35 bits per heavy atom. The van der Waals surface area contributed by atoms with Crippen LogP contribution >= 0.6 is 11.6 Å². The van der Waals surface area contributed by atoms with Gasteiger partial charge < -0.3 is 10.4 Å². The summed E-state index contributed by atoms with van der Waals surface area (Å²) in [6.45, 7) is 0.706. The molecule has 1 aromatic carbocycles. The monoisotopic (exact) mass is 253 g/mol. The summed E-state index contributed by atoms with van der Waals surface area (Å²) in [7, 11) is 0. The molecule has 0 spiro atoms. The van der Waals surface area contributed by atoms with Gasteiger partial charge in [0.05, 0.1) is 6.61 Å². The molecule has 0 saturated heterocycles. The lowest BCUT2D eigenvalue weighted by Crippen LogP contribution is -2.31. The summed E-state index contributed by atoms with van der Waals surface area (Å²) in [5, 5.41) is 12.0. The average Bonchev–Trinajstić information content (AvgIpc) is 3.17. The summed E-state index contributed by atoms with van der Waals surface area (Å²) in [6.07, 6.45) is 1.99. The Morgan fingerprint density at radius 3 is 2.47 bits per heavy atom. The van der Waals surface area contributed by atoms with Crippen molar-refractivity contribution in [1.82, 2.24) is 5.32 Å². The van der Waals surface area contributed by atoms with Crippen molar-refractivity contribution in [2.75, 3.05) is 13.2 Å². The van der Waals surface area contributed by atoms with Crippen LogP contribution < -0.4 is 5.32 Å². The van der Waals surface area contributed by atoms with E-state index in [9.17, 15) is 4.79 Å². The molecule has 1 aromatic rings. The summed E-state index contributed by atoms with van der Waals surface area (Å²) in [5.74, 6) is 0.362. The van der Waals surface area contributed by atoms with Gasteiger partial charge in [-0.05, 0) is 30.5 Å². The maximum Gasteiger partial charge on any atom is 0.251 e. The number of amides is 1. The van der Waals surface area contributed by atoms with E-state index in [2.05, 4.69) is 5.32 Å². The van der Waals surface area contributed by atoms with Crippen molar-refractivity contribution in [3.8, 4) is 0 Å². The van der Waals surface area contributed by atoms with Crippen molar-refractivity contribution in [2.45, 2.75) is 18.7 Å². The lowest BCUT2D eigenvalue weighted by molar-refractivity contribution is 0.0935. The van der Waals surface area contributed by atoms with E-state index in [1.54, 1.807) is 12.1 Å². The smallest absolute Gasteiger partial charge is 0.251 e. The molecule has 1 saturated carbocycles. The third kappa shape index (κ3) is 2.99. The van der Waals surface area contributed by atoms with Gasteiger partial charge in [-0.15, -0.1) is 11.6 Å². The fraction of sp³-hybridized carbons (Fsp3) is 0.462. The fourth-order valence-electron chi connectivity index (χ4n) is 1.68. The lowest BCUT2D eigenvalue weighted by atomic mass is 10.1. The van der Waals surface area contributed by atoms with Crippen LogP contribution in [0.25, 0.3) is 0 Å². The Bertz CT molecular complexity index is 398. The van der Waals surface area contributed by atoms with Gasteiger partial charge in [0, 0.05) is 23.4 Å².